The minimum absolute atomic E-state index is 0.166. The fourth-order valence-electron chi connectivity index (χ4n) is 3.50. The van der Waals surface area contributed by atoms with E-state index in [1.54, 1.807) is 30.0 Å². The van der Waals surface area contributed by atoms with E-state index in [0.717, 1.165) is 26.2 Å². The van der Waals surface area contributed by atoms with Crippen molar-refractivity contribution in [3.05, 3.63) is 35.6 Å². The minimum atomic E-state index is -1.28. The van der Waals surface area contributed by atoms with E-state index < -0.39 is 11.4 Å². The number of nitrogens with zero attached hydrogens (tertiary/aromatic N) is 3. The largest absolute Gasteiger partial charge is 0.364 e. The van der Waals surface area contributed by atoms with Gasteiger partial charge in [0.05, 0.1) is 0 Å². The van der Waals surface area contributed by atoms with Crippen LogP contribution in [0.3, 0.4) is 0 Å². The summed E-state index contributed by atoms with van der Waals surface area (Å²) >= 11 is 0. The monoisotopic (exact) mass is 335 g/mol. The van der Waals surface area contributed by atoms with Crippen LogP contribution >= 0.6 is 0 Å². The third-order valence-corrected chi connectivity index (χ3v) is 5.41. The Morgan fingerprint density at radius 3 is 2.42 bits per heavy atom. The van der Waals surface area contributed by atoms with Gasteiger partial charge in [0.2, 0.25) is 0 Å². The summed E-state index contributed by atoms with van der Waals surface area (Å²) < 4.78 is 19.6. The molecule has 1 unspecified atom stereocenters. The molecule has 2 saturated heterocycles. The van der Waals surface area contributed by atoms with E-state index in [9.17, 15) is 9.18 Å². The fraction of sp³-hybridized carbons (Fsp3) is 0.611. The van der Waals surface area contributed by atoms with Crippen molar-refractivity contribution in [1.29, 1.82) is 0 Å². The Balaban J connectivity index is 1.65. The highest BCUT2D eigenvalue weighted by atomic mass is 19.1. The zero-order chi connectivity index (χ0) is 17.3. The lowest BCUT2D eigenvalue weighted by Crippen LogP contribution is -2.66. The van der Waals surface area contributed by atoms with Crippen LogP contribution in [0, 0.1) is 5.82 Å². The van der Waals surface area contributed by atoms with Crippen molar-refractivity contribution in [1.82, 2.24) is 14.7 Å². The molecule has 0 spiro atoms. The van der Waals surface area contributed by atoms with E-state index in [-0.39, 0.29) is 5.91 Å². The van der Waals surface area contributed by atoms with E-state index in [4.69, 9.17) is 4.74 Å². The second-order valence-corrected chi connectivity index (χ2v) is 6.92. The van der Waals surface area contributed by atoms with E-state index in [2.05, 4.69) is 16.8 Å². The molecule has 24 heavy (non-hydrogen) atoms. The van der Waals surface area contributed by atoms with Crippen molar-refractivity contribution < 1.29 is 13.9 Å². The lowest BCUT2D eigenvalue weighted by molar-refractivity contribution is -0.162. The number of carbonyl (C=O) groups is 1. The van der Waals surface area contributed by atoms with Crippen LogP contribution in [0.4, 0.5) is 4.39 Å². The first-order chi connectivity index (χ1) is 11.5. The maximum absolute atomic E-state index is 14.2. The summed E-state index contributed by atoms with van der Waals surface area (Å²) in [5, 5.41) is 0. The standard InChI is InChI=1S/C18H26FN3O2/c1-18(24-3,15-6-4-5-7-16(15)19)17(23)22-12-14(13-22)21-10-8-20(2)9-11-21/h4-7,14H,8-13H2,1-3H3. The van der Waals surface area contributed by atoms with Crippen molar-refractivity contribution in [2.75, 3.05) is 53.4 Å². The lowest BCUT2D eigenvalue weighted by Gasteiger charge is -2.49. The number of likely N-dealkylation sites (N-methyl/N-ethyl adjacent to an activating group) is 1. The molecule has 2 fully saturated rings. The molecule has 1 amide bonds. The summed E-state index contributed by atoms with van der Waals surface area (Å²) in [4.78, 5) is 19.5. The molecule has 1 atom stereocenters. The Kier molecular flexibility index (Phi) is 4.90. The van der Waals surface area contributed by atoms with E-state index in [0.29, 0.717) is 24.7 Å². The van der Waals surface area contributed by atoms with Crippen LogP contribution in [0.15, 0.2) is 24.3 Å². The molecule has 6 heteroatoms. The number of benzene rings is 1. The number of rotatable bonds is 4. The number of methoxy groups -OCH3 is 1. The summed E-state index contributed by atoms with van der Waals surface area (Å²) in [6.45, 7) is 7.24. The Hall–Kier alpha value is -1.50. The molecular weight excluding hydrogens is 309 g/mol. The van der Waals surface area contributed by atoms with E-state index in [1.165, 1.54) is 13.2 Å². The van der Waals surface area contributed by atoms with Gasteiger partial charge >= 0.3 is 0 Å². The third kappa shape index (κ3) is 3.06. The fourth-order valence-corrected chi connectivity index (χ4v) is 3.50. The first-order valence-corrected chi connectivity index (χ1v) is 8.48. The van der Waals surface area contributed by atoms with Crippen molar-refractivity contribution in [3.63, 3.8) is 0 Å². The van der Waals surface area contributed by atoms with Crippen LogP contribution < -0.4 is 0 Å². The zero-order valence-corrected chi connectivity index (χ0v) is 14.7. The molecule has 2 heterocycles. The number of likely N-dealkylation sites (tertiary alicyclic amines) is 1. The summed E-state index contributed by atoms with van der Waals surface area (Å²) in [5.74, 6) is -0.577. The lowest BCUT2D eigenvalue weighted by atomic mass is 9.91. The van der Waals surface area contributed by atoms with Gasteiger partial charge in [-0.25, -0.2) is 4.39 Å². The summed E-state index contributed by atoms with van der Waals surface area (Å²) in [6, 6.07) is 6.74. The van der Waals surface area contributed by atoms with E-state index >= 15 is 0 Å². The molecule has 1 aromatic carbocycles. The van der Waals surface area contributed by atoms with Crippen molar-refractivity contribution >= 4 is 5.91 Å². The minimum Gasteiger partial charge on any atom is -0.364 e. The second kappa shape index (κ2) is 6.78. The summed E-state index contributed by atoms with van der Waals surface area (Å²) in [7, 11) is 3.59. The molecule has 3 rings (SSSR count). The Labute approximate surface area is 143 Å². The zero-order valence-electron chi connectivity index (χ0n) is 14.7. The molecule has 0 bridgehead atoms. The highest BCUT2D eigenvalue weighted by molar-refractivity contribution is 5.87. The van der Waals surface area contributed by atoms with Crippen LogP contribution in [-0.4, -0.2) is 80.1 Å². The summed E-state index contributed by atoms with van der Waals surface area (Å²) in [6.07, 6.45) is 0. The molecule has 2 aliphatic heterocycles. The Morgan fingerprint density at radius 2 is 1.83 bits per heavy atom. The van der Waals surface area contributed by atoms with Gasteiger partial charge in [-0.05, 0) is 20.0 Å². The van der Waals surface area contributed by atoms with Gasteiger partial charge in [-0.1, -0.05) is 18.2 Å². The van der Waals surface area contributed by atoms with Gasteiger partial charge in [-0.15, -0.1) is 0 Å². The van der Waals surface area contributed by atoms with Gasteiger partial charge in [-0.2, -0.15) is 0 Å². The molecule has 2 aliphatic rings. The third-order valence-electron chi connectivity index (χ3n) is 5.41. The SMILES string of the molecule is COC(C)(C(=O)N1CC(N2CCN(C)CC2)C1)c1ccccc1F. The molecule has 0 saturated carbocycles. The maximum Gasteiger partial charge on any atom is 0.259 e. The number of halogens is 1. The molecule has 132 valence electrons. The predicted octanol–water partition coefficient (Wildman–Crippen LogP) is 1.15. The maximum atomic E-state index is 14.2. The van der Waals surface area contributed by atoms with Crippen LogP contribution in [-0.2, 0) is 15.1 Å². The van der Waals surface area contributed by atoms with Gasteiger partial charge in [0.1, 0.15) is 5.82 Å². The van der Waals surface area contributed by atoms with E-state index in [1.807, 2.05) is 0 Å². The van der Waals surface area contributed by atoms with Gasteiger partial charge in [0, 0.05) is 58.0 Å². The first-order valence-electron chi connectivity index (χ1n) is 8.48. The average Bonchev–Trinajstić information content (AvgIpc) is 2.55. The van der Waals surface area contributed by atoms with Gasteiger partial charge in [0.25, 0.3) is 5.91 Å². The number of piperazine rings is 1. The average molecular weight is 335 g/mol. The van der Waals surface area contributed by atoms with Gasteiger partial charge in [-0.3, -0.25) is 9.69 Å². The number of ether oxygens (including phenoxy) is 1. The topological polar surface area (TPSA) is 36.0 Å². The molecule has 0 aliphatic carbocycles. The van der Waals surface area contributed by atoms with Crippen LogP contribution in [0.25, 0.3) is 0 Å². The van der Waals surface area contributed by atoms with Crippen molar-refractivity contribution in [2.45, 2.75) is 18.6 Å². The Bertz CT molecular complexity index is 598. The number of hydrogen-bond acceptors (Lipinski definition) is 4. The molecule has 0 radical (unpaired) electrons. The quantitative estimate of drug-likeness (QED) is 0.827. The number of hydrogen-bond donors (Lipinski definition) is 0. The normalized spacial score (nSPS) is 22.9. The highest BCUT2D eigenvalue weighted by Gasteiger charge is 2.45. The van der Waals surface area contributed by atoms with Crippen LogP contribution in [0.5, 0.6) is 0 Å². The van der Waals surface area contributed by atoms with Gasteiger partial charge < -0.3 is 14.5 Å². The van der Waals surface area contributed by atoms with Crippen molar-refractivity contribution in [2.24, 2.45) is 0 Å². The Morgan fingerprint density at radius 1 is 1.21 bits per heavy atom. The van der Waals surface area contributed by atoms with Crippen molar-refractivity contribution in [3.8, 4) is 0 Å². The molecule has 0 N–H and O–H groups in total. The molecule has 5 nitrogen and oxygen atoms in total. The molecule has 1 aromatic rings. The van der Waals surface area contributed by atoms with Gasteiger partial charge in [0.15, 0.2) is 5.60 Å². The number of amides is 1. The second-order valence-electron chi connectivity index (χ2n) is 6.92. The first kappa shape index (κ1) is 17.3. The predicted molar refractivity (Wildman–Crippen MR) is 90.2 cm³/mol. The highest BCUT2D eigenvalue weighted by Crippen LogP contribution is 2.31. The molecule has 0 aromatic heterocycles. The summed E-state index contributed by atoms with van der Waals surface area (Å²) in [5.41, 5.74) is -0.987. The smallest absolute Gasteiger partial charge is 0.259 e. The van der Waals surface area contributed by atoms with Crippen LogP contribution in [0.2, 0.25) is 0 Å². The van der Waals surface area contributed by atoms with Crippen LogP contribution in [0.1, 0.15) is 12.5 Å². The number of carbonyl (C=O) groups excluding carboxylic acids is 1. The molecular formula is C18H26FN3O2.